The standard InChI is InChI=1S/C37H30Cl2N12O2S2/c38-26-5-1-3-22(12-26)32-46-34(42)50-36(48-32)54-18-30(52)44-28-9-7-20(24(14-28)16-40)11-21-8-10-29(15-25(21)17-41)45-31(53)19-55-37-49-33(47-35(43)51-37)23-4-2-6-27(39)13-23/h1-10,12-15,32-33H,11,18-19H2,(H,44,52)(H,45,53)(H3,42,46,48,50)(H3,43,47,49,51)/t32-,33-/m0/s1. The maximum Gasteiger partial charge on any atom is 0.234 e. The number of amides is 2. The van der Waals surface area contributed by atoms with Crippen LogP contribution in [0.25, 0.3) is 0 Å². The number of hydrogen-bond donors (Lipinski definition) is 6. The number of thioether (sulfide) groups is 2. The first-order chi connectivity index (χ1) is 26.5. The molecule has 2 atom stereocenters. The van der Waals surface area contributed by atoms with Gasteiger partial charge in [0.1, 0.15) is 0 Å². The molecular formula is C37H30Cl2N12O2S2. The number of carbonyl (C=O) groups is 2. The molecule has 2 aliphatic heterocycles. The van der Waals surface area contributed by atoms with Gasteiger partial charge in [0.2, 0.25) is 11.8 Å². The monoisotopic (exact) mass is 808 g/mol. The lowest BCUT2D eigenvalue weighted by Crippen LogP contribution is -2.39. The van der Waals surface area contributed by atoms with E-state index in [0.717, 1.165) is 34.7 Å². The summed E-state index contributed by atoms with van der Waals surface area (Å²) in [4.78, 5) is 43.4. The topological polar surface area (TPSA) is 231 Å². The van der Waals surface area contributed by atoms with Crippen LogP contribution in [0.5, 0.6) is 0 Å². The van der Waals surface area contributed by atoms with Crippen LogP contribution < -0.4 is 32.7 Å². The molecule has 14 nitrogen and oxygen atoms in total. The summed E-state index contributed by atoms with van der Waals surface area (Å²) in [6.07, 6.45) is -0.919. The number of guanidine groups is 2. The van der Waals surface area contributed by atoms with Crippen molar-refractivity contribution >= 4 is 92.2 Å². The molecule has 0 radical (unpaired) electrons. The molecule has 4 aromatic carbocycles. The summed E-state index contributed by atoms with van der Waals surface area (Å²) in [5.41, 5.74) is 16.3. The van der Waals surface area contributed by atoms with Crippen molar-refractivity contribution in [1.29, 1.82) is 10.5 Å². The van der Waals surface area contributed by atoms with Crippen molar-refractivity contribution in [3.8, 4) is 12.1 Å². The first kappa shape index (κ1) is 38.7. The minimum absolute atomic E-state index is 0.0116. The Hall–Kier alpha value is -6.04. The predicted molar refractivity (Wildman–Crippen MR) is 220 cm³/mol. The molecule has 0 unspecified atom stereocenters. The number of benzene rings is 4. The van der Waals surface area contributed by atoms with Gasteiger partial charge in [-0.3, -0.25) is 9.59 Å². The van der Waals surface area contributed by atoms with E-state index in [9.17, 15) is 20.1 Å². The lowest BCUT2D eigenvalue weighted by Gasteiger charge is -2.19. The van der Waals surface area contributed by atoms with Gasteiger partial charge in [0, 0.05) is 27.8 Å². The van der Waals surface area contributed by atoms with Crippen LogP contribution in [-0.2, 0) is 16.0 Å². The molecule has 0 aromatic heterocycles. The van der Waals surface area contributed by atoms with Crippen LogP contribution in [0.3, 0.4) is 0 Å². The van der Waals surface area contributed by atoms with E-state index in [1.165, 1.54) is 0 Å². The summed E-state index contributed by atoms with van der Waals surface area (Å²) >= 11 is 14.5. The van der Waals surface area contributed by atoms with Crippen LogP contribution in [0.4, 0.5) is 11.4 Å². The molecular weight excluding hydrogens is 780 g/mol. The molecule has 0 saturated heterocycles. The van der Waals surface area contributed by atoms with Gasteiger partial charge in [-0.25, -0.2) is 20.0 Å². The Balaban J connectivity index is 1.03. The lowest BCUT2D eigenvalue weighted by atomic mass is 9.96. The van der Waals surface area contributed by atoms with Gasteiger partial charge in [0.25, 0.3) is 0 Å². The number of hydrogen-bond acceptors (Lipinski definition) is 14. The Morgan fingerprint density at radius 2 is 1.11 bits per heavy atom. The van der Waals surface area contributed by atoms with Crippen LogP contribution >= 0.6 is 46.7 Å². The Morgan fingerprint density at radius 3 is 1.51 bits per heavy atom. The van der Waals surface area contributed by atoms with Crippen molar-refractivity contribution in [1.82, 2.24) is 10.6 Å². The number of nitrogens with two attached hydrogens (primary N) is 2. The molecule has 2 heterocycles. The van der Waals surface area contributed by atoms with Gasteiger partial charge in [-0.15, -0.1) is 0 Å². The third-order valence-corrected chi connectivity index (χ3v) is 10.1. The molecule has 8 N–H and O–H groups in total. The molecule has 0 fully saturated rings. The van der Waals surface area contributed by atoms with Crippen molar-refractivity contribution < 1.29 is 9.59 Å². The van der Waals surface area contributed by atoms with Crippen molar-refractivity contribution in [2.24, 2.45) is 31.4 Å². The minimum Gasteiger partial charge on any atom is -0.370 e. The van der Waals surface area contributed by atoms with Crippen molar-refractivity contribution in [2.75, 3.05) is 22.1 Å². The summed E-state index contributed by atoms with van der Waals surface area (Å²) in [5, 5.41) is 33.2. The molecule has 0 spiro atoms. The first-order valence-corrected chi connectivity index (χ1v) is 19.1. The second-order valence-electron chi connectivity index (χ2n) is 11.8. The van der Waals surface area contributed by atoms with Crippen molar-refractivity contribution in [3.05, 3.63) is 128 Å². The average molecular weight is 810 g/mol. The van der Waals surface area contributed by atoms with E-state index in [2.05, 4.69) is 53.4 Å². The highest BCUT2D eigenvalue weighted by atomic mass is 35.5. The number of nitrogens with zero attached hydrogens (tertiary/aromatic N) is 6. The normalized spacial score (nSPS) is 16.1. The highest BCUT2D eigenvalue weighted by Gasteiger charge is 2.20. The molecule has 0 aliphatic carbocycles. The first-order valence-electron chi connectivity index (χ1n) is 16.3. The molecule has 55 heavy (non-hydrogen) atoms. The molecule has 2 aliphatic rings. The Morgan fingerprint density at radius 1 is 0.673 bits per heavy atom. The molecule has 276 valence electrons. The second kappa shape index (κ2) is 17.9. The van der Waals surface area contributed by atoms with Crippen LogP contribution in [0.2, 0.25) is 10.0 Å². The predicted octanol–water partition coefficient (Wildman–Crippen LogP) is 5.62. The zero-order valence-corrected chi connectivity index (χ0v) is 31.7. The zero-order chi connectivity index (χ0) is 38.9. The molecule has 0 bridgehead atoms. The van der Waals surface area contributed by atoms with Gasteiger partial charge in [0.15, 0.2) is 34.6 Å². The molecule has 2 amide bonds. The van der Waals surface area contributed by atoms with E-state index in [4.69, 9.17) is 34.7 Å². The molecule has 0 saturated carbocycles. The van der Waals surface area contributed by atoms with Crippen LogP contribution in [0.15, 0.2) is 105 Å². The van der Waals surface area contributed by atoms with Gasteiger partial charge in [-0.2, -0.15) is 10.5 Å². The van der Waals surface area contributed by atoms with Gasteiger partial charge >= 0.3 is 0 Å². The number of aliphatic imine (C=N–C) groups is 4. The third kappa shape index (κ3) is 10.6. The highest BCUT2D eigenvalue weighted by Crippen LogP contribution is 2.28. The fourth-order valence-corrected chi connectivity index (χ4v) is 7.14. The number of anilines is 2. The largest absolute Gasteiger partial charge is 0.370 e. The fourth-order valence-electron chi connectivity index (χ4n) is 5.36. The summed E-state index contributed by atoms with van der Waals surface area (Å²) in [7, 11) is 0. The summed E-state index contributed by atoms with van der Waals surface area (Å²) in [6, 6.07) is 28.6. The van der Waals surface area contributed by atoms with E-state index >= 15 is 0 Å². The Bertz CT molecular complexity index is 2210. The van der Waals surface area contributed by atoms with Crippen molar-refractivity contribution in [2.45, 2.75) is 18.8 Å². The summed E-state index contributed by atoms with van der Waals surface area (Å²) in [6.45, 7) is 0. The second-order valence-corrected chi connectivity index (χ2v) is 14.6. The summed E-state index contributed by atoms with van der Waals surface area (Å²) in [5.74, 6) is -0.287. The highest BCUT2D eigenvalue weighted by molar-refractivity contribution is 8.14. The maximum atomic E-state index is 12.8. The van der Waals surface area contributed by atoms with Gasteiger partial charge < -0.3 is 32.7 Å². The molecule has 6 rings (SSSR count). The lowest BCUT2D eigenvalue weighted by molar-refractivity contribution is -0.114. The summed E-state index contributed by atoms with van der Waals surface area (Å²) < 4.78 is 0. The number of amidine groups is 2. The Labute approximate surface area is 334 Å². The number of rotatable bonds is 10. The Kier molecular flexibility index (Phi) is 12.6. The number of carbonyl (C=O) groups excluding carboxylic acids is 2. The number of nitrogens with one attached hydrogen (secondary N) is 4. The number of halogens is 2. The van der Waals surface area contributed by atoms with Gasteiger partial charge in [0.05, 0.1) is 34.8 Å². The smallest absolute Gasteiger partial charge is 0.234 e. The third-order valence-electron chi connectivity index (χ3n) is 7.85. The zero-order valence-electron chi connectivity index (χ0n) is 28.6. The minimum atomic E-state index is -0.594. The van der Waals surface area contributed by atoms with Crippen LogP contribution in [0, 0.1) is 22.7 Å². The number of nitriles is 2. The van der Waals surface area contributed by atoms with Crippen molar-refractivity contribution in [3.63, 3.8) is 0 Å². The molecule has 18 heteroatoms. The van der Waals surface area contributed by atoms with Gasteiger partial charge in [-0.05, 0) is 70.8 Å². The SMILES string of the molecule is N#Cc1cc(NC(=O)CSC2=N[C@@H](c3cccc(Cl)c3)N=C(N)N2)ccc1Cc1ccc(NC(=O)CSC2=N[C@@H](c3cccc(Cl)c3)N=C(N)N2)cc1C#N. The van der Waals surface area contributed by atoms with Crippen LogP contribution in [0.1, 0.15) is 45.7 Å². The van der Waals surface area contributed by atoms with Crippen LogP contribution in [-0.4, -0.2) is 45.6 Å². The maximum absolute atomic E-state index is 12.8. The van der Waals surface area contributed by atoms with Gasteiger partial charge in [-0.1, -0.05) is 83.1 Å². The van der Waals surface area contributed by atoms with E-state index in [-0.39, 0.29) is 41.7 Å². The fraction of sp³-hybridized carbons (Fsp3) is 0.135. The molecule has 4 aromatic rings. The van der Waals surface area contributed by atoms with E-state index in [0.29, 0.717) is 54.0 Å². The average Bonchev–Trinajstić information content (AvgIpc) is 3.17. The van der Waals surface area contributed by atoms with E-state index in [1.807, 2.05) is 12.1 Å². The van der Waals surface area contributed by atoms with E-state index < -0.39 is 12.3 Å². The van der Waals surface area contributed by atoms with E-state index in [1.54, 1.807) is 72.8 Å². The quantitative estimate of drug-likeness (QED) is 0.116.